The molecule has 0 radical (unpaired) electrons. The molecule has 0 unspecified atom stereocenters. The zero-order valence-corrected chi connectivity index (χ0v) is 15.2. The number of ether oxygens (including phenoxy) is 2. The van der Waals surface area contributed by atoms with Crippen LogP contribution in [0.2, 0.25) is 0 Å². The predicted octanol–water partition coefficient (Wildman–Crippen LogP) is 5.91. The van der Waals surface area contributed by atoms with Gasteiger partial charge in [-0.1, -0.05) is 24.3 Å². The van der Waals surface area contributed by atoms with Gasteiger partial charge in [0.1, 0.15) is 18.1 Å². The van der Waals surface area contributed by atoms with Crippen LogP contribution in [0.4, 0.5) is 24.5 Å². The topological polar surface area (TPSA) is 21.7 Å². The molecule has 0 aromatic heterocycles. The van der Waals surface area contributed by atoms with E-state index in [0.29, 0.717) is 24.5 Å². The quantitative estimate of drug-likeness (QED) is 0.559. The fourth-order valence-corrected chi connectivity index (χ4v) is 3.37. The zero-order valence-electron chi connectivity index (χ0n) is 15.2. The van der Waals surface area contributed by atoms with E-state index < -0.39 is 11.7 Å². The second-order valence-corrected chi connectivity index (χ2v) is 6.43. The number of hydrogen-bond donors (Lipinski definition) is 0. The highest BCUT2D eigenvalue weighted by molar-refractivity contribution is 5.87. The summed E-state index contributed by atoms with van der Waals surface area (Å²) in [5.41, 5.74) is 2.67. The van der Waals surface area contributed by atoms with Crippen molar-refractivity contribution in [2.45, 2.75) is 6.18 Å². The summed E-state index contributed by atoms with van der Waals surface area (Å²) in [5, 5.41) is 0. The van der Waals surface area contributed by atoms with Crippen molar-refractivity contribution in [1.29, 1.82) is 0 Å². The van der Waals surface area contributed by atoms with Crippen LogP contribution in [-0.2, 0) is 6.18 Å². The number of benzene rings is 3. The smallest absolute Gasteiger partial charge is 0.416 e. The van der Waals surface area contributed by atoms with E-state index in [2.05, 4.69) is 4.90 Å². The molecule has 0 spiro atoms. The van der Waals surface area contributed by atoms with Gasteiger partial charge in [0.15, 0.2) is 0 Å². The third-order valence-corrected chi connectivity index (χ3v) is 4.75. The minimum atomic E-state index is -4.35. The van der Waals surface area contributed by atoms with Crippen molar-refractivity contribution in [1.82, 2.24) is 0 Å². The number of nitrogens with zero attached hydrogens (tertiary/aromatic N) is 1. The first-order chi connectivity index (χ1) is 13.5. The Morgan fingerprint density at radius 2 is 1.64 bits per heavy atom. The molecule has 144 valence electrons. The number of hydrogen-bond acceptors (Lipinski definition) is 3. The number of halogens is 3. The first-order valence-corrected chi connectivity index (χ1v) is 8.82. The normalized spacial score (nSPS) is 13.6. The first-order valence-electron chi connectivity index (χ1n) is 8.82. The third-order valence-electron chi connectivity index (χ3n) is 4.75. The average molecular weight is 385 g/mol. The molecule has 0 atom stereocenters. The highest BCUT2D eigenvalue weighted by atomic mass is 19.4. The third kappa shape index (κ3) is 3.38. The second kappa shape index (κ2) is 7.11. The van der Waals surface area contributed by atoms with Crippen molar-refractivity contribution < 1.29 is 22.6 Å². The summed E-state index contributed by atoms with van der Waals surface area (Å²) in [5.74, 6) is 1.47. The minimum Gasteiger partial charge on any atom is -0.497 e. The second-order valence-electron chi connectivity index (χ2n) is 6.43. The van der Waals surface area contributed by atoms with E-state index in [0.717, 1.165) is 34.8 Å². The summed E-state index contributed by atoms with van der Waals surface area (Å²) in [6.45, 7) is 1.16. The highest BCUT2D eigenvalue weighted by Gasteiger charge is 2.30. The maximum atomic E-state index is 12.9. The Hall–Kier alpha value is -3.15. The number of rotatable bonds is 3. The Labute approximate surface area is 160 Å². The van der Waals surface area contributed by atoms with Gasteiger partial charge in [0.25, 0.3) is 0 Å². The molecule has 28 heavy (non-hydrogen) atoms. The number of methoxy groups -OCH3 is 1. The molecule has 0 saturated carbocycles. The molecular weight excluding hydrogens is 367 g/mol. The molecule has 0 saturated heterocycles. The molecule has 3 aromatic rings. The van der Waals surface area contributed by atoms with Gasteiger partial charge in [-0.2, -0.15) is 13.2 Å². The number of alkyl halides is 3. The average Bonchev–Trinajstić information content (AvgIpc) is 2.72. The maximum absolute atomic E-state index is 12.9. The standard InChI is InChI=1S/C22H18F3NO2/c1-27-18-11-9-17(10-12-18)26-13-14-28-20-4-2-3-19(21(20)26)15-5-7-16(8-6-15)22(23,24)25/h2-12H,13-14H2,1H3. The van der Waals surface area contributed by atoms with Crippen molar-refractivity contribution in [2.24, 2.45) is 0 Å². The lowest BCUT2D eigenvalue weighted by Crippen LogP contribution is -2.29. The van der Waals surface area contributed by atoms with E-state index in [9.17, 15) is 13.2 Å². The maximum Gasteiger partial charge on any atom is 0.416 e. The van der Waals surface area contributed by atoms with Gasteiger partial charge >= 0.3 is 6.18 Å². The molecule has 1 heterocycles. The Morgan fingerprint density at radius 1 is 0.929 bits per heavy atom. The first kappa shape index (κ1) is 18.2. The van der Waals surface area contributed by atoms with Gasteiger partial charge in [0.2, 0.25) is 0 Å². The molecular formula is C22H18F3NO2. The summed E-state index contributed by atoms with van der Waals surface area (Å²) in [4.78, 5) is 2.12. The van der Waals surface area contributed by atoms with E-state index in [1.54, 1.807) is 7.11 Å². The summed E-state index contributed by atoms with van der Waals surface area (Å²) in [6.07, 6.45) is -4.35. The lowest BCUT2D eigenvalue weighted by molar-refractivity contribution is -0.137. The Kier molecular flexibility index (Phi) is 4.63. The van der Waals surface area contributed by atoms with Crippen molar-refractivity contribution in [3.63, 3.8) is 0 Å². The molecule has 0 aliphatic carbocycles. The summed E-state index contributed by atoms with van der Waals surface area (Å²) in [6, 6.07) is 18.5. The molecule has 1 aliphatic rings. The molecule has 1 aliphatic heterocycles. The van der Waals surface area contributed by atoms with Crippen LogP contribution in [0.3, 0.4) is 0 Å². The highest BCUT2D eigenvalue weighted by Crippen LogP contribution is 2.44. The zero-order chi connectivity index (χ0) is 19.7. The lowest BCUT2D eigenvalue weighted by atomic mass is 9.99. The van der Waals surface area contributed by atoms with E-state index in [1.807, 2.05) is 42.5 Å². The van der Waals surface area contributed by atoms with Crippen molar-refractivity contribution in [2.75, 3.05) is 25.2 Å². The van der Waals surface area contributed by atoms with E-state index in [4.69, 9.17) is 9.47 Å². The van der Waals surface area contributed by atoms with Gasteiger partial charge in [-0.3, -0.25) is 0 Å². The van der Waals surface area contributed by atoms with E-state index >= 15 is 0 Å². The van der Waals surface area contributed by atoms with Crippen LogP contribution in [0.1, 0.15) is 5.56 Å². The molecule has 6 heteroatoms. The van der Waals surface area contributed by atoms with Gasteiger partial charge < -0.3 is 14.4 Å². The SMILES string of the molecule is COc1ccc(N2CCOc3cccc(-c4ccc(C(F)(F)F)cc4)c32)cc1. The van der Waals surface area contributed by atoms with Crippen LogP contribution < -0.4 is 14.4 Å². The van der Waals surface area contributed by atoms with Gasteiger partial charge in [0, 0.05) is 11.3 Å². The van der Waals surface area contributed by atoms with Crippen molar-refractivity contribution in [3.05, 3.63) is 72.3 Å². The minimum absolute atomic E-state index is 0.523. The summed E-state index contributed by atoms with van der Waals surface area (Å²) >= 11 is 0. The number of para-hydroxylation sites is 1. The van der Waals surface area contributed by atoms with Crippen LogP contribution in [-0.4, -0.2) is 20.3 Å². The lowest BCUT2D eigenvalue weighted by Gasteiger charge is -2.33. The molecule has 0 bridgehead atoms. The fraction of sp³-hybridized carbons (Fsp3) is 0.182. The largest absolute Gasteiger partial charge is 0.497 e. The van der Waals surface area contributed by atoms with Crippen molar-refractivity contribution in [3.8, 4) is 22.6 Å². The van der Waals surface area contributed by atoms with Crippen LogP contribution in [0.5, 0.6) is 11.5 Å². The molecule has 4 rings (SSSR count). The van der Waals surface area contributed by atoms with Gasteiger partial charge in [-0.25, -0.2) is 0 Å². The van der Waals surface area contributed by atoms with Gasteiger partial charge in [-0.05, 0) is 48.0 Å². The van der Waals surface area contributed by atoms with Crippen molar-refractivity contribution >= 4 is 11.4 Å². The van der Waals surface area contributed by atoms with E-state index in [-0.39, 0.29) is 0 Å². The predicted molar refractivity (Wildman–Crippen MR) is 102 cm³/mol. The molecule has 3 nitrogen and oxygen atoms in total. The molecule has 0 fully saturated rings. The Balaban J connectivity index is 1.78. The van der Waals surface area contributed by atoms with Gasteiger partial charge in [-0.15, -0.1) is 0 Å². The molecule has 0 amide bonds. The number of anilines is 2. The summed E-state index contributed by atoms with van der Waals surface area (Å²) < 4.78 is 49.7. The Morgan fingerprint density at radius 3 is 2.29 bits per heavy atom. The monoisotopic (exact) mass is 385 g/mol. The van der Waals surface area contributed by atoms with Gasteiger partial charge in [0.05, 0.1) is 24.9 Å². The van der Waals surface area contributed by atoms with Crippen LogP contribution >= 0.6 is 0 Å². The van der Waals surface area contributed by atoms with Crippen LogP contribution in [0, 0.1) is 0 Å². The Bertz CT molecular complexity index is 967. The van der Waals surface area contributed by atoms with Crippen LogP contribution in [0.15, 0.2) is 66.7 Å². The molecule has 0 N–H and O–H groups in total. The summed E-state index contributed by atoms with van der Waals surface area (Å²) in [7, 11) is 1.61. The fourth-order valence-electron chi connectivity index (χ4n) is 3.37. The number of fused-ring (bicyclic) bond motifs is 1. The van der Waals surface area contributed by atoms with Crippen LogP contribution in [0.25, 0.3) is 11.1 Å². The molecule has 3 aromatic carbocycles. The van der Waals surface area contributed by atoms with E-state index in [1.165, 1.54) is 12.1 Å².